The number of aryl methyl sites for hydroxylation is 1. The van der Waals surface area contributed by atoms with E-state index >= 15 is 0 Å². The number of rotatable bonds is 5. The third-order valence-corrected chi connectivity index (χ3v) is 8.24. The predicted octanol–water partition coefficient (Wildman–Crippen LogP) is 8.20. The maximum absolute atomic E-state index is 13.3. The van der Waals surface area contributed by atoms with Crippen LogP contribution in [0, 0.1) is 6.92 Å². The summed E-state index contributed by atoms with van der Waals surface area (Å²) in [6, 6.07) is 27.6. The summed E-state index contributed by atoms with van der Waals surface area (Å²) in [7, 11) is 4.69. The summed E-state index contributed by atoms with van der Waals surface area (Å²) < 4.78 is 29.7. The summed E-state index contributed by atoms with van der Waals surface area (Å²) in [6.07, 6.45) is 3.98. The molecular weight excluding hydrogens is 528 g/mol. The molecule has 0 amide bonds. The van der Waals surface area contributed by atoms with Crippen LogP contribution < -0.4 is 14.2 Å². The number of hydrogen-bond acceptors (Lipinski definition) is 6. The van der Waals surface area contributed by atoms with Gasteiger partial charge in [0, 0.05) is 32.8 Å². The fourth-order valence-corrected chi connectivity index (χ4v) is 6.13. The second kappa shape index (κ2) is 9.70. The van der Waals surface area contributed by atoms with Gasteiger partial charge in [-0.05, 0) is 66.4 Å². The van der Waals surface area contributed by atoms with E-state index in [0.29, 0.717) is 16.9 Å². The Morgan fingerprint density at radius 2 is 1.36 bits per heavy atom. The number of benzene rings is 5. The first-order valence-electron chi connectivity index (χ1n) is 13.6. The Hall–Kier alpha value is -5.23. The Morgan fingerprint density at radius 1 is 0.714 bits per heavy atom. The Balaban J connectivity index is 1.60. The Labute approximate surface area is 242 Å². The standard InChI is InChI=1S/C36H28O6/c1-21-26-17-18-30-32(27-7-5-6-8-29(27)41-30)33(26)34-28(31(21)35(37)40-4)19-20-36(42-34,22-9-13-24(38-2)14-10-22)23-11-15-25(39-3)16-12-23/h5-20H,1-4H3. The number of carbonyl (C=O) groups excluding carboxylic acids is 1. The maximum atomic E-state index is 13.3. The lowest BCUT2D eigenvalue weighted by Gasteiger charge is -2.37. The highest BCUT2D eigenvalue weighted by Crippen LogP contribution is 2.50. The lowest BCUT2D eigenvalue weighted by molar-refractivity contribution is 0.0598. The molecule has 6 aromatic rings. The van der Waals surface area contributed by atoms with E-state index < -0.39 is 11.6 Å². The van der Waals surface area contributed by atoms with Crippen molar-refractivity contribution in [1.82, 2.24) is 0 Å². The number of hydrogen-bond donors (Lipinski definition) is 0. The van der Waals surface area contributed by atoms with E-state index in [1.165, 1.54) is 7.11 Å². The van der Waals surface area contributed by atoms with Crippen LogP contribution in [-0.4, -0.2) is 27.3 Å². The molecule has 0 aliphatic carbocycles. The number of carbonyl (C=O) groups is 1. The molecule has 0 atom stereocenters. The Bertz CT molecular complexity index is 1980. The molecule has 2 heterocycles. The lowest BCUT2D eigenvalue weighted by atomic mass is 9.81. The van der Waals surface area contributed by atoms with Gasteiger partial charge in [0.2, 0.25) is 0 Å². The van der Waals surface area contributed by atoms with Gasteiger partial charge in [-0.2, -0.15) is 0 Å². The van der Waals surface area contributed by atoms with Gasteiger partial charge in [0.25, 0.3) is 0 Å². The van der Waals surface area contributed by atoms with Gasteiger partial charge in [0.15, 0.2) is 5.60 Å². The average molecular weight is 557 g/mol. The summed E-state index contributed by atoms with van der Waals surface area (Å²) >= 11 is 0. The predicted molar refractivity (Wildman–Crippen MR) is 164 cm³/mol. The van der Waals surface area contributed by atoms with Crippen LogP contribution in [0.15, 0.2) is 95.4 Å². The molecule has 0 saturated carbocycles. The summed E-state index contributed by atoms with van der Waals surface area (Å²) in [4.78, 5) is 13.3. The van der Waals surface area contributed by atoms with Gasteiger partial charge in [0.05, 0.1) is 26.9 Å². The van der Waals surface area contributed by atoms with E-state index in [1.807, 2.05) is 97.9 Å². The zero-order valence-electron chi connectivity index (χ0n) is 23.7. The van der Waals surface area contributed by atoms with Crippen molar-refractivity contribution in [2.45, 2.75) is 12.5 Å². The molecule has 0 radical (unpaired) electrons. The fraction of sp³-hybridized carbons (Fsp3) is 0.139. The molecule has 6 nitrogen and oxygen atoms in total. The molecule has 0 spiro atoms. The highest BCUT2D eigenvalue weighted by molar-refractivity contribution is 6.23. The van der Waals surface area contributed by atoms with Gasteiger partial charge in [-0.3, -0.25) is 0 Å². The molecule has 208 valence electrons. The largest absolute Gasteiger partial charge is 0.497 e. The van der Waals surface area contributed by atoms with Gasteiger partial charge < -0.3 is 23.4 Å². The van der Waals surface area contributed by atoms with E-state index in [4.69, 9.17) is 23.4 Å². The minimum atomic E-state index is -1.02. The first kappa shape index (κ1) is 25.7. The monoisotopic (exact) mass is 556 g/mol. The zero-order chi connectivity index (χ0) is 29.0. The molecule has 0 bridgehead atoms. The SMILES string of the molecule is COC(=O)c1c2c(c3c(ccc4oc5ccccc5c43)c1C)OC(c1ccc(OC)cc1)(c1ccc(OC)cc1)C=C2. The Kier molecular flexibility index (Phi) is 5.94. The van der Waals surface area contributed by atoms with Crippen molar-refractivity contribution in [1.29, 1.82) is 0 Å². The molecule has 1 aliphatic heterocycles. The fourth-order valence-electron chi connectivity index (χ4n) is 6.13. The van der Waals surface area contributed by atoms with Crippen molar-refractivity contribution in [3.05, 3.63) is 119 Å². The normalized spacial score (nSPS) is 13.6. The third kappa shape index (κ3) is 3.68. The molecule has 1 aromatic heterocycles. The molecule has 42 heavy (non-hydrogen) atoms. The maximum Gasteiger partial charge on any atom is 0.338 e. The van der Waals surface area contributed by atoms with Crippen molar-refractivity contribution in [2.24, 2.45) is 0 Å². The molecule has 0 N–H and O–H groups in total. The Morgan fingerprint density at radius 3 is 1.98 bits per heavy atom. The molecular formula is C36H28O6. The molecule has 7 rings (SSSR count). The average Bonchev–Trinajstić information content (AvgIpc) is 3.43. The second-order valence-corrected chi connectivity index (χ2v) is 10.3. The first-order valence-corrected chi connectivity index (χ1v) is 13.6. The smallest absolute Gasteiger partial charge is 0.338 e. The lowest BCUT2D eigenvalue weighted by Crippen LogP contribution is -2.35. The van der Waals surface area contributed by atoms with Crippen molar-refractivity contribution >= 4 is 44.8 Å². The number of fused-ring (bicyclic) bond motifs is 7. The molecule has 5 aromatic carbocycles. The third-order valence-electron chi connectivity index (χ3n) is 8.24. The van der Waals surface area contributed by atoms with E-state index in [0.717, 1.165) is 60.9 Å². The van der Waals surface area contributed by atoms with Crippen LogP contribution in [0.4, 0.5) is 0 Å². The van der Waals surface area contributed by atoms with Crippen molar-refractivity contribution in [3.63, 3.8) is 0 Å². The first-order chi connectivity index (χ1) is 20.5. The molecule has 0 unspecified atom stereocenters. The zero-order valence-corrected chi connectivity index (χ0v) is 23.7. The number of furan rings is 1. The van der Waals surface area contributed by atoms with E-state index in [9.17, 15) is 4.79 Å². The van der Waals surface area contributed by atoms with Crippen LogP contribution in [0.5, 0.6) is 17.2 Å². The van der Waals surface area contributed by atoms with Crippen LogP contribution in [0.1, 0.15) is 32.6 Å². The summed E-state index contributed by atoms with van der Waals surface area (Å²) in [5.74, 6) is 1.65. The van der Waals surface area contributed by atoms with Crippen molar-refractivity contribution < 1.29 is 28.2 Å². The highest BCUT2D eigenvalue weighted by Gasteiger charge is 2.40. The molecule has 1 aliphatic rings. The van der Waals surface area contributed by atoms with Gasteiger partial charge in [-0.25, -0.2) is 4.79 Å². The van der Waals surface area contributed by atoms with Crippen LogP contribution >= 0.6 is 0 Å². The number of esters is 1. The van der Waals surface area contributed by atoms with Crippen LogP contribution in [0.2, 0.25) is 0 Å². The molecule has 0 fully saturated rings. The van der Waals surface area contributed by atoms with Gasteiger partial charge in [-0.15, -0.1) is 0 Å². The van der Waals surface area contributed by atoms with E-state index in [2.05, 4.69) is 6.07 Å². The second-order valence-electron chi connectivity index (χ2n) is 10.3. The van der Waals surface area contributed by atoms with Crippen molar-refractivity contribution in [3.8, 4) is 17.2 Å². The molecule has 0 saturated heterocycles. The summed E-state index contributed by atoms with van der Waals surface area (Å²) in [5, 5.41) is 3.69. The van der Waals surface area contributed by atoms with E-state index in [1.54, 1.807) is 14.2 Å². The van der Waals surface area contributed by atoms with E-state index in [-0.39, 0.29) is 0 Å². The summed E-state index contributed by atoms with van der Waals surface area (Å²) in [6.45, 7) is 1.95. The van der Waals surface area contributed by atoms with Gasteiger partial charge >= 0.3 is 5.97 Å². The molecule has 6 heteroatoms. The van der Waals surface area contributed by atoms with Crippen LogP contribution in [0.3, 0.4) is 0 Å². The minimum Gasteiger partial charge on any atom is -0.497 e. The topological polar surface area (TPSA) is 67.1 Å². The highest BCUT2D eigenvalue weighted by atomic mass is 16.5. The van der Waals surface area contributed by atoms with Crippen LogP contribution in [-0.2, 0) is 10.3 Å². The number of ether oxygens (including phenoxy) is 4. The van der Waals surface area contributed by atoms with Gasteiger partial charge in [0.1, 0.15) is 28.4 Å². The van der Waals surface area contributed by atoms with Crippen molar-refractivity contribution in [2.75, 3.05) is 21.3 Å². The minimum absolute atomic E-state index is 0.419. The number of para-hydroxylation sites is 1. The number of methoxy groups -OCH3 is 3. The van der Waals surface area contributed by atoms with Crippen LogP contribution in [0.25, 0.3) is 38.8 Å². The van der Waals surface area contributed by atoms with Gasteiger partial charge in [-0.1, -0.05) is 48.5 Å². The quantitative estimate of drug-likeness (QED) is 0.199. The summed E-state index contributed by atoms with van der Waals surface area (Å²) in [5.41, 5.74) is 4.25.